The summed E-state index contributed by atoms with van der Waals surface area (Å²) in [5, 5.41) is 7.89. The average Bonchev–Trinajstić information content (AvgIpc) is 3.24. The Morgan fingerprint density at radius 3 is 2.35 bits per heavy atom. The third-order valence-electron chi connectivity index (χ3n) is 6.70. The molecule has 1 N–H and O–H groups in total. The van der Waals surface area contributed by atoms with Gasteiger partial charge in [0.25, 0.3) is 0 Å². The smallest absolute Gasteiger partial charge is 0.408 e. The van der Waals surface area contributed by atoms with Gasteiger partial charge in [0.15, 0.2) is 11.4 Å². The lowest BCUT2D eigenvalue weighted by Gasteiger charge is -2.43. The van der Waals surface area contributed by atoms with Gasteiger partial charge in [0.2, 0.25) is 0 Å². The molecule has 1 aliphatic rings. The second-order valence-corrected chi connectivity index (χ2v) is 10.4. The number of alkyl carbamates (subject to hydrolysis) is 1. The first-order valence-corrected chi connectivity index (χ1v) is 12.5. The first kappa shape index (κ1) is 24.6. The zero-order valence-electron chi connectivity index (χ0n) is 21.7. The van der Waals surface area contributed by atoms with E-state index in [1.807, 2.05) is 61.7 Å². The summed E-state index contributed by atoms with van der Waals surface area (Å²) in [6.07, 6.45) is 4.11. The maximum atomic E-state index is 12.6. The van der Waals surface area contributed by atoms with Crippen LogP contribution in [0.25, 0.3) is 34.2 Å². The van der Waals surface area contributed by atoms with Crippen molar-refractivity contribution < 1.29 is 14.3 Å². The van der Waals surface area contributed by atoms with Crippen LogP contribution < -0.4 is 10.1 Å². The van der Waals surface area contributed by atoms with Crippen LogP contribution in [0, 0.1) is 0 Å². The normalized spacial score (nSPS) is 14.6. The number of ether oxygens (including phenoxy) is 2. The Hall–Kier alpha value is -4.13. The van der Waals surface area contributed by atoms with Crippen molar-refractivity contribution in [2.24, 2.45) is 0 Å². The SMILES string of the molecule is C=Cc1cc(OC)c2nc(-c3ccc(C4(NC(=O)OC(C)(C)C)CCC4)cc3)c(-c3ccccc3)n2n1. The molecule has 5 rings (SSSR count). The minimum Gasteiger partial charge on any atom is -0.493 e. The number of carbonyl (C=O) groups excluding carboxylic acids is 1. The minimum atomic E-state index is -0.545. The van der Waals surface area contributed by atoms with Crippen molar-refractivity contribution in [2.75, 3.05) is 7.11 Å². The van der Waals surface area contributed by atoms with Gasteiger partial charge in [-0.25, -0.2) is 14.3 Å². The number of carbonyl (C=O) groups is 1. The number of fused-ring (bicyclic) bond motifs is 1. The summed E-state index contributed by atoms with van der Waals surface area (Å²) in [5.74, 6) is 0.625. The molecule has 1 fully saturated rings. The molecule has 2 aromatic carbocycles. The van der Waals surface area contributed by atoms with Crippen LogP contribution in [0.3, 0.4) is 0 Å². The molecule has 0 radical (unpaired) electrons. The number of methoxy groups -OCH3 is 1. The Morgan fingerprint density at radius 1 is 1.08 bits per heavy atom. The van der Waals surface area contributed by atoms with Crippen LogP contribution in [0.2, 0.25) is 0 Å². The Morgan fingerprint density at radius 2 is 1.78 bits per heavy atom. The third-order valence-corrected chi connectivity index (χ3v) is 6.70. The number of rotatable bonds is 6. The summed E-state index contributed by atoms with van der Waals surface area (Å²) < 4.78 is 13.0. The molecule has 0 saturated heterocycles. The van der Waals surface area contributed by atoms with Gasteiger partial charge in [-0.1, -0.05) is 61.2 Å². The van der Waals surface area contributed by atoms with Crippen LogP contribution >= 0.6 is 0 Å². The monoisotopic (exact) mass is 496 g/mol. The predicted octanol–water partition coefficient (Wildman–Crippen LogP) is 6.62. The molecule has 7 heteroatoms. The van der Waals surface area contributed by atoms with Crippen LogP contribution in [-0.2, 0) is 10.3 Å². The fourth-order valence-corrected chi connectivity index (χ4v) is 4.78. The molecule has 2 aromatic heterocycles. The molecule has 4 aromatic rings. The summed E-state index contributed by atoms with van der Waals surface area (Å²) in [4.78, 5) is 17.5. The highest BCUT2D eigenvalue weighted by Crippen LogP contribution is 2.43. The molecule has 7 nitrogen and oxygen atoms in total. The van der Waals surface area contributed by atoms with Crippen LogP contribution in [0.1, 0.15) is 51.3 Å². The highest BCUT2D eigenvalue weighted by atomic mass is 16.6. The van der Waals surface area contributed by atoms with Crippen molar-refractivity contribution in [1.82, 2.24) is 19.9 Å². The lowest BCUT2D eigenvalue weighted by Crippen LogP contribution is -2.52. The van der Waals surface area contributed by atoms with Crippen molar-refractivity contribution in [1.29, 1.82) is 0 Å². The molecule has 37 heavy (non-hydrogen) atoms. The van der Waals surface area contributed by atoms with E-state index in [4.69, 9.17) is 19.6 Å². The summed E-state index contributed by atoms with van der Waals surface area (Å²) in [7, 11) is 1.63. The van der Waals surface area contributed by atoms with Crippen molar-refractivity contribution >= 4 is 17.8 Å². The molecule has 1 amide bonds. The van der Waals surface area contributed by atoms with Crippen molar-refractivity contribution in [3.8, 4) is 28.3 Å². The molecule has 0 spiro atoms. The number of nitrogens with zero attached hydrogens (tertiary/aromatic N) is 3. The van der Waals surface area contributed by atoms with Gasteiger partial charge in [-0.05, 0) is 51.7 Å². The highest BCUT2D eigenvalue weighted by Gasteiger charge is 2.41. The molecular formula is C30H32N4O3. The lowest BCUT2D eigenvalue weighted by molar-refractivity contribution is 0.0377. The van der Waals surface area contributed by atoms with Gasteiger partial charge >= 0.3 is 6.09 Å². The first-order valence-electron chi connectivity index (χ1n) is 12.5. The van der Waals surface area contributed by atoms with E-state index in [0.29, 0.717) is 17.1 Å². The zero-order chi connectivity index (χ0) is 26.2. The molecular weight excluding hydrogens is 464 g/mol. The maximum absolute atomic E-state index is 12.6. The summed E-state index contributed by atoms with van der Waals surface area (Å²) in [6.45, 7) is 9.49. The van der Waals surface area contributed by atoms with E-state index >= 15 is 0 Å². The Labute approximate surface area is 217 Å². The van der Waals surface area contributed by atoms with Gasteiger partial charge < -0.3 is 14.8 Å². The molecule has 1 saturated carbocycles. The molecule has 0 bridgehead atoms. The molecule has 2 heterocycles. The van der Waals surface area contributed by atoms with Crippen LogP contribution in [-0.4, -0.2) is 33.4 Å². The van der Waals surface area contributed by atoms with Gasteiger partial charge in [-0.15, -0.1) is 0 Å². The second-order valence-electron chi connectivity index (χ2n) is 10.4. The largest absolute Gasteiger partial charge is 0.493 e. The number of nitrogens with one attached hydrogen (secondary N) is 1. The van der Waals surface area contributed by atoms with E-state index in [2.05, 4.69) is 36.2 Å². The second kappa shape index (κ2) is 9.39. The summed E-state index contributed by atoms with van der Waals surface area (Å²) in [6, 6.07) is 20.2. The Bertz CT molecular complexity index is 1450. The van der Waals surface area contributed by atoms with E-state index in [1.54, 1.807) is 13.2 Å². The highest BCUT2D eigenvalue weighted by molar-refractivity contribution is 5.83. The zero-order valence-corrected chi connectivity index (χ0v) is 21.7. The summed E-state index contributed by atoms with van der Waals surface area (Å²) in [5.41, 5.74) is 5.04. The van der Waals surface area contributed by atoms with Gasteiger partial charge in [-0.2, -0.15) is 5.10 Å². The number of aromatic nitrogens is 3. The van der Waals surface area contributed by atoms with E-state index in [1.165, 1.54) is 0 Å². The number of benzene rings is 2. The predicted molar refractivity (Wildman–Crippen MR) is 145 cm³/mol. The van der Waals surface area contributed by atoms with E-state index in [9.17, 15) is 4.79 Å². The standard InChI is InChI=1S/C30H32N4O3/c1-6-23-19-24(36-5)27-31-25(26(34(27)33-23)21-11-8-7-9-12-21)20-13-15-22(16-14-20)30(17-10-18-30)32-28(35)37-29(2,3)4/h6-9,11-16,19H,1,10,17-18H2,2-5H3,(H,32,35). The van der Waals surface area contributed by atoms with E-state index in [0.717, 1.165) is 47.3 Å². The molecule has 190 valence electrons. The van der Waals surface area contributed by atoms with Crippen LogP contribution in [0.4, 0.5) is 4.79 Å². The van der Waals surface area contributed by atoms with Gasteiger partial charge in [0.05, 0.1) is 24.0 Å². The summed E-state index contributed by atoms with van der Waals surface area (Å²) >= 11 is 0. The fraction of sp³-hybridized carbons (Fsp3) is 0.300. The minimum absolute atomic E-state index is 0.390. The number of amides is 1. The van der Waals surface area contributed by atoms with Crippen molar-refractivity contribution in [3.05, 3.63) is 78.5 Å². The topological polar surface area (TPSA) is 77.8 Å². The van der Waals surface area contributed by atoms with E-state index in [-0.39, 0.29) is 6.09 Å². The maximum Gasteiger partial charge on any atom is 0.408 e. The number of imidazole rings is 1. The van der Waals surface area contributed by atoms with Gasteiger partial charge in [0, 0.05) is 17.2 Å². The lowest BCUT2D eigenvalue weighted by atomic mass is 9.71. The first-order chi connectivity index (χ1) is 17.7. The number of hydrogen-bond acceptors (Lipinski definition) is 5. The Balaban J connectivity index is 1.57. The average molecular weight is 497 g/mol. The fourth-order valence-electron chi connectivity index (χ4n) is 4.78. The van der Waals surface area contributed by atoms with Crippen molar-refractivity contribution in [2.45, 2.75) is 51.2 Å². The van der Waals surface area contributed by atoms with Gasteiger partial charge in [0.1, 0.15) is 11.3 Å². The van der Waals surface area contributed by atoms with Crippen LogP contribution in [0.15, 0.2) is 67.2 Å². The Kier molecular flexibility index (Phi) is 6.23. The quantitative estimate of drug-likeness (QED) is 0.325. The third kappa shape index (κ3) is 4.69. The molecule has 1 aliphatic carbocycles. The van der Waals surface area contributed by atoms with E-state index < -0.39 is 11.1 Å². The number of hydrogen-bond donors (Lipinski definition) is 1. The van der Waals surface area contributed by atoms with Crippen LogP contribution in [0.5, 0.6) is 5.75 Å². The molecule has 0 unspecified atom stereocenters. The molecule has 0 atom stereocenters. The van der Waals surface area contributed by atoms with Crippen molar-refractivity contribution in [3.63, 3.8) is 0 Å². The van der Waals surface area contributed by atoms with Gasteiger partial charge in [-0.3, -0.25) is 0 Å². The molecule has 0 aliphatic heterocycles.